The molecule has 1 fully saturated rings. The average molecular weight is 479 g/mol. The topological polar surface area (TPSA) is 120 Å². The molecular formula is C25H26N4O4S. The number of thiol groups is 1. The molecule has 4 rings (SSSR count). The molecule has 4 N–H and O–H groups in total. The molecule has 3 amide bonds. The van der Waals surface area contributed by atoms with Crippen LogP contribution >= 0.6 is 12.6 Å². The highest BCUT2D eigenvalue weighted by Crippen LogP contribution is 2.18. The van der Waals surface area contributed by atoms with Crippen LogP contribution in [0.3, 0.4) is 0 Å². The Hall–Kier alpha value is -3.59. The van der Waals surface area contributed by atoms with E-state index in [1.165, 1.54) is 0 Å². The first-order valence-corrected chi connectivity index (χ1v) is 11.6. The molecule has 0 unspecified atom stereocenters. The van der Waals surface area contributed by atoms with Crippen molar-refractivity contribution in [3.05, 3.63) is 71.9 Å². The second-order valence-corrected chi connectivity index (χ2v) is 8.84. The number of hydrogen-bond donors (Lipinski definition) is 5. The third-order valence-electron chi connectivity index (χ3n) is 5.98. The summed E-state index contributed by atoms with van der Waals surface area (Å²) >= 11 is 3.92. The number of hydrogen-bond acceptors (Lipinski definition) is 4. The van der Waals surface area contributed by atoms with Crippen molar-refractivity contribution >= 4 is 46.4 Å². The predicted octanol–water partition coefficient (Wildman–Crippen LogP) is 1.98. The number of para-hydroxylation sites is 1. The van der Waals surface area contributed by atoms with Gasteiger partial charge in [-0.3, -0.25) is 19.2 Å². The van der Waals surface area contributed by atoms with Gasteiger partial charge in [-0.05, 0) is 30.5 Å². The van der Waals surface area contributed by atoms with Crippen LogP contribution in [0.15, 0.2) is 60.7 Å². The minimum atomic E-state index is -0.937. The van der Waals surface area contributed by atoms with Crippen molar-refractivity contribution in [2.75, 3.05) is 6.54 Å². The van der Waals surface area contributed by atoms with Gasteiger partial charge in [-0.15, -0.1) is 12.6 Å². The number of carbonyl (C=O) groups is 4. The fourth-order valence-electron chi connectivity index (χ4n) is 4.14. The number of carbonyl (C=O) groups excluding carboxylic acids is 4. The third-order valence-corrected chi connectivity index (χ3v) is 6.29. The largest absolute Gasteiger partial charge is 0.356 e. The molecule has 3 aromatic rings. The Labute approximate surface area is 202 Å². The molecular weight excluding hydrogens is 452 g/mol. The lowest BCUT2D eigenvalue weighted by atomic mass is 9.98. The molecule has 0 saturated carbocycles. The Morgan fingerprint density at radius 2 is 1.74 bits per heavy atom. The van der Waals surface area contributed by atoms with Crippen LogP contribution in [0.2, 0.25) is 0 Å². The summed E-state index contributed by atoms with van der Waals surface area (Å²) in [5, 5.41) is 8.57. The molecule has 3 atom stereocenters. The molecule has 176 valence electrons. The second-order valence-electron chi connectivity index (χ2n) is 8.40. The smallest absolute Gasteiger partial charge is 0.268 e. The van der Waals surface area contributed by atoms with Crippen molar-refractivity contribution < 1.29 is 19.2 Å². The Kier molecular flexibility index (Phi) is 7.32. The zero-order valence-corrected chi connectivity index (χ0v) is 19.3. The fraction of sp³-hybridized carbons (Fsp3) is 0.280. The van der Waals surface area contributed by atoms with Crippen molar-refractivity contribution in [3.63, 3.8) is 0 Å². The zero-order chi connectivity index (χ0) is 24.1. The lowest BCUT2D eigenvalue weighted by molar-refractivity contribution is -0.127. The molecule has 0 aliphatic carbocycles. The van der Waals surface area contributed by atoms with Gasteiger partial charge in [0.05, 0.1) is 6.04 Å². The van der Waals surface area contributed by atoms with Crippen LogP contribution in [0.1, 0.15) is 28.9 Å². The van der Waals surface area contributed by atoms with Crippen LogP contribution in [-0.2, 0) is 20.8 Å². The van der Waals surface area contributed by atoms with Gasteiger partial charge >= 0.3 is 0 Å². The molecule has 0 radical (unpaired) electrons. The molecule has 1 aromatic heterocycles. The first-order valence-electron chi connectivity index (χ1n) is 11.1. The van der Waals surface area contributed by atoms with Gasteiger partial charge in [0.1, 0.15) is 11.7 Å². The third kappa shape index (κ3) is 5.66. The maximum Gasteiger partial charge on any atom is 0.268 e. The molecule has 0 spiro atoms. The summed E-state index contributed by atoms with van der Waals surface area (Å²) in [6.07, 6.45) is 0.987. The standard InChI is InChI=1S/C25H26N4O4S/c30-22-17(10-11-26-22)14-21(25(33)34)29-23(31)19(12-15-6-2-1-3-7-15)28-24(32)20-13-16-8-4-5-9-18(16)27-20/h1-9,13,17,19,21,27H,10-12,14H2,(H,26,30)(H,28,32)(H,29,31)(H,33,34)/t17-,19-,21-/m0/s1. The summed E-state index contributed by atoms with van der Waals surface area (Å²) in [6, 6.07) is 16.6. The minimum absolute atomic E-state index is 0.137. The average Bonchev–Trinajstić information content (AvgIpc) is 3.44. The van der Waals surface area contributed by atoms with Crippen molar-refractivity contribution in [2.45, 2.75) is 31.3 Å². The first kappa shape index (κ1) is 23.6. The van der Waals surface area contributed by atoms with Crippen LogP contribution in [0, 0.1) is 5.92 Å². The molecule has 2 heterocycles. The zero-order valence-electron chi connectivity index (χ0n) is 18.4. The number of amides is 3. The summed E-state index contributed by atoms with van der Waals surface area (Å²) in [4.78, 5) is 53.4. The normalized spacial score (nSPS) is 17.1. The van der Waals surface area contributed by atoms with E-state index in [-0.39, 0.29) is 24.7 Å². The lowest BCUT2D eigenvalue weighted by Gasteiger charge is -2.23. The van der Waals surface area contributed by atoms with Crippen LogP contribution in [0.4, 0.5) is 0 Å². The molecule has 1 aliphatic heterocycles. The molecule has 34 heavy (non-hydrogen) atoms. The van der Waals surface area contributed by atoms with E-state index in [4.69, 9.17) is 0 Å². The quantitative estimate of drug-likeness (QED) is 0.302. The van der Waals surface area contributed by atoms with Crippen molar-refractivity contribution in [2.24, 2.45) is 5.92 Å². The monoisotopic (exact) mass is 478 g/mol. The Morgan fingerprint density at radius 1 is 1.00 bits per heavy atom. The number of fused-ring (bicyclic) bond motifs is 1. The van der Waals surface area contributed by atoms with E-state index in [2.05, 4.69) is 33.6 Å². The van der Waals surface area contributed by atoms with Gasteiger partial charge in [0.15, 0.2) is 0 Å². The van der Waals surface area contributed by atoms with Gasteiger partial charge < -0.3 is 20.9 Å². The molecule has 8 nitrogen and oxygen atoms in total. The van der Waals surface area contributed by atoms with E-state index >= 15 is 0 Å². The molecule has 2 aromatic carbocycles. The number of rotatable bonds is 9. The maximum absolute atomic E-state index is 13.2. The minimum Gasteiger partial charge on any atom is -0.356 e. The Balaban J connectivity index is 1.51. The van der Waals surface area contributed by atoms with Crippen LogP contribution in [0.25, 0.3) is 10.9 Å². The van der Waals surface area contributed by atoms with Crippen LogP contribution in [-0.4, -0.2) is 46.4 Å². The summed E-state index contributed by atoms with van der Waals surface area (Å²) in [6.45, 7) is 0.544. The fourth-order valence-corrected chi connectivity index (χ4v) is 4.31. The van der Waals surface area contributed by atoms with E-state index in [9.17, 15) is 19.2 Å². The highest BCUT2D eigenvalue weighted by Gasteiger charge is 2.32. The predicted molar refractivity (Wildman–Crippen MR) is 131 cm³/mol. The van der Waals surface area contributed by atoms with Crippen molar-refractivity contribution in [1.82, 2.24) is 20.9 Å². The number of aromatic nitrogens is 1. The van der Waals surface area contributed by atoms with Crippen molar-refractivity contribution in [3.8, 4) is 0 Å². The number of H-pyrrole nitrogens is 1. The second kappa shape index (κ2) is 10.6. The SMILES string of the molecule is O=C(N[C@@H](Cc1ccccc1)C(=O)N[C@@H](C[C@@H]1CCNC1=O)C(=O)S)c1cc2ccccc2[nH]1. The highest BCUT2D eigenvalue weighted by molar-refractivity contribution is 7.96. The van der Waals surface area contributed by atoms with E-state index in [0.717, 1.165) is 16.5 Å². The van der Waals surface area contributed by atoms with Crippen LogP contribution < -0.4 is 16.0 Å². The maximum atomic E-state index is 13.2. The molecule has 1 aliphatic rings. The first-order chi connectivity index (χ1) is 16.4. The van der Waals surface area contributed by atoms with E-state index < -0.39 is 29.0 Å². The number of aromatic amines is 1. The van der Waals surface area contributed by atoms with Gasteiger partial charge in [0.25, 0.3) is 5.91 Å². The summed E-state index contributed by atoms with van der Waals surface area (Å²) in [5.74, 6) is -1.45. The van der Waals surface area contributed by atoms with Crippen LogP contribution in [0.5, 0.6) is 0 Å². The summed E-state index contributed by atoms with van der Waals surface area (Å²) in [5.41, 5.74) is 1.99. The summed E-state index contributed by atoms with van der Waals surface area (Å²) < 4.78 is 0. The summed E-state index contributed by atoms with van der Waals surface area (Å²) in [7, 11) is 0. The van der Waals surface area contributed by atoms with E-state index in [0.29, 0.717) is 18.7 Å². The van der Waals surface area contributed by atoms with E-state index in [1.54, 1.807) is 6.07 Å². The van der Waals surface area contributed by atoms with Gasteiger partial charge in [0.2, 0.25) is 16.9 Å². The highest BCUT2D eigenvalue weighted by atomic mass is 32.1. The van der Waals surface area contributed by atoms with Crippen molar-refractivity contribution in [1.29, 1.82) is 0 Å². The van der Waals surface area contributed by atoms with Gasteiger partial charge in [0, 0.05) is 29.8 Å². The van der Waals surface area contributed by atoms with E-state index in [1.807, 2.05) is 54.6 Å². The Bertz CT molecular complexity index is 1180. The number of nitrogens with one attached hydrogen (secondary N) is 4. The van der Waals surface area contributed by atoms with Gasteiger partial charge in [-0.25, -0.2) is 0 Å². The number of benzene rings is 2. The van der Waals surface area contributed by atoms with Gasteiger partial charge in [-0.1, -0.05) is 48.5 Å². The molecule has 9 heteroatoms. The molecule has 1 saturated heterocycles. The Morgan fingerprint density at radius 3 is 2.41 bits per heavy atom. The van der Waals surface area contributed by atoms with Gasteiger partial charge in [-0.2, -0.15) is 0 Å². The molecule has 0 bridgehead atoms. The lowest BCUT2D eigenvalue weighted by Crippen LogP contribution is -2.52.